The molecule has 6 nitrogen and oxygen atoms in total. The zero-order chi connectivity index (χ0) is 17.8. The van der Waals surface area contributed by atoms with Crippen molar-refractivity contribution < 1.29 is 4.79 Å². The number of carbonyl (C=O) groups is 1. The van der Waals surface area contributed by atoms with E-state index in [9.17, 15) is 14.4 Å². The quantitative estimate of drug-likeness (QED) is 0.680. The van der Waals surface area contributed by atoms with E-state index in [0.29, 0.717) is 16.8 Å². The number of nitrogens with zero attached hydrogens (tertiary/aromatic N) is 2. The zero-order valence-electron chi connectivity index (χ0n) is 13.9. The van der Waals surface area contributed by atoms with E-state index in [1.807, 2.05) is 18.2 Å². The molecule has 7 heteroatoms. The molecule has 0 unspecified atom stereocenters. The molecule has 1 N–H and O–H groups in total. The summed E-state index contributed by atoms with van der Waals surface area (Å²) in [5.74, 6) is -0.235. The number of nitrogens with one attached hydrogen (secondary N) is 1. The van der Waals surface area contributed by atoms with Crippen LogP contribution in [0.2, 0.25) is 0 Å². The fraction of sp³-hybridized carbons (Fsp3) is 0.278. The van der Waals surface area contributed by atoms with E-state index in [4.69, 9.17) is 0 Å². The van der Waals surface area contributed by atoms with Crippen LogP contribution in [-0.4, -0.2) is 21.6 Å². The summed E-state index contributed by atoms with van der Waals surface area (Å²) < 4.78 is 2.88. The highest BCUT2D eigenvalue weighted by atomic mass is 32.1. The van der Waals surface area contributed by atoms with E-state index in [-0.39, 0.29) is 18.0 Å². The van der Waals surface area contributed by atoms with Crippen LogP contribution in [0.1, 0.15) is 12.0 Å². The summed E-state index contributed by atoms with van der Waals surface area (Å²) in [6, 6.07) is 11.8. The topological polar surface area (TPSA) is 73.1 Å². The first-order valence-corrected chi connectivity index (χ1v) is 8.93. The summed E-state index contributed by atoms with van der Waals surface area (Å²) in [6.07, 6.45) is 1.71. The smallest absolute Gasteiger partial charge is 0.331 e. The molecule has 0 aliphatic rings. The van der Waals surface area contributed by atoms with Gasteiger partial charge in [0.1, 0.15) is 11.2 Å². The number of hydrogen-bond donors (Lipinski definition) is 1. The van der Waals surface area contributed by atoms with Crippen LogP contribution in [-0.2, 0) is 24.8 Å². The minimum absolute atomic E-state index is 0.0917. The molecule has 0 bridgehead atoms. The molecule has 3 rings (SSSR count). The van der Waals surface area contributed by atoms with Crippen LogP contribution in [0.3, 0.4) is 0 Å². The molecule has 25 heavy (non-hydrogen) atoms. The second kappa shape index (κ2) is 7.48. The Hall–Kier alpha value is -2.67. The molecule has 0 aliphatic carbocycles. The van der Waals surface area contributed by atoms with Gasteiger partial charge in [0.05, 0.1) is 5.52 Å². The Balaban J connectivity index is 1.64. The van der Waals surface area contributed by atoms with E-state index in [1.54, 1.807) is 11.4 Å². The third-order valence-electron chi connectivity index (χ3n) is 4.06. The van der Waals surface area contributed by atoms with Crippen LogP contribution >= 0.6 is 11.3 Å². The molecule has 0 spiro atoms. The number of rotatable bonds is 6. The lowest BCUT2D eigenvalue weighted by Crippen LogP contribution is -2.41. The zero-order valence-corrected chi connectivity index (χ0v) is 14.7. The van der Waals surface area contributed by atoms with Crippen LogP contribution in [0.15, 0.2) is 51.4 Å². The predicted octanol–water partition coefficient (Wildman–Crippen LogP) is 1.51. The van der Waals surface area contributed by atoms with Crippen molar-refractivity contribution in [3.8, 4) is 0 Å². The molecule has 2 heterocycles. The lowest BCUT2D eigenvalue weighted by molar-refractivity contribution is -0.121. The Labute approximate surface area is 148 Å². The number of fused-ring (bicyclic) bond motifs is 1. The normalized spacial score (nSPS) is 10.9. The lowest BCUT2D eigenvalue weighted by Gasteiger charge is -2.10. The third-order valence-corrected chi connectivity index (χ3v) is 4.95. The van der Waals surface area contributed by atoms with Gasteiger partial charge in [-0.15, -0.1) is 11.3 Å². The van der Waals surface area contributed by atoms with Gasteiger partial charge in [0.25, 0.3) is 5.56 Å². The number of hydrogen-bond acceptors (Lipinski definition) is 4. The van der Waals surface area contributed by atoms with Crippen molar-refractivity contribution in [2.75, 3.05) is 6.54 Å². The first-order valence-electron chi connectivity index (χ1n) is 8.05. The SMILES string of the molecule is Cn1c(=O)c2sccc2n(CC(=O)NCCCc2ccccc2)c1=O. The number of carbonyl (C=O) groups excluding carboxylic acids is 1. The molecule has 130 valence electrons. The van der Waals surface area contributed by atoms with Gasteiger partial charge in [-0.05, 0) is 29.9 Å². The van der Waals surface area contributed by atoms with E-state index >= 15 is 0 Å². The summed E-state index contributed by atoms with van der Waals surface area (Å²) >= 11 is 1.27. The van der Waals surface area contributed by atoms with Gasteiger partial charge in [0.2, 0.25) is 5.91 Å². The van der Waals surface area contributed by atoms with Gasteiger partial charge >= 0.3 is 5.69 Å². The van der Waals surface area contributed by atoms with Crippen molar-refractivity contribution in [3.63, 3.8) is 0 Å². The molecule has 1 amide bonds. The van der Waals surface area contributed by atoms with Gasteiger partial charge in [-0.1, -0.05) is 30.3 Å². The third kappa shape index (κ3) is 3.71. The molecule has 0 fully saturated rings. The van der Waals surface area contributed by atoms with E-state index in [0.717, 1.165) is 17.4 Å². The molecular formula is C18H19N3O3S. The minimum atomic E-state index is -0.477. The number of thiophene rings is 1. The molecule has 3 aromatic rings. The molecule has 0 aliphatic heterocycles. The van der Waals surface area contributed by atoms with Gasteiger partial charge in [0, 0.05) is 13.6 Å². The lowest BCUT2D eigenvalue weighted by atomic mass is 10.1. The van der Waals surface area contributed by atoms with Crippen molar-refractivity contribution in [1.82, 2.24) is 14.5 Å². The summed E-state index contributed by atoms with van der Waals surface area (Å²) in [6.45, 7) is 0.451. The van der Waals surface area contributed by atoms with Gasteiger partial charge in [0.15, 0.2) is 0 Å². The molecule has 0 saturated heterocycles. The Morgan fingerprint density at radius 2 is 1.92 bits per heavy atom. The molecule has 0 saturated carbocycles. The summed E-state index contributed by atoms with van der Waals surface area (Å²) in [5.41, 5.74) is 0.938. The first kappa shape index (κ1) is 17.2. The number of benzene rings is 1. The van der Waals surface area contributed by atoms with Gasteiger partial charge in [-0.25, -0.2) is 4.79 Å². The molecule has 2 aromatic heterocycles. The maximum absolute atomic E-state index is 12.3. The van der Waals surface area contributed by atoms with Gasteiger partial charge in [-0.3, -0.25) is 18.7 Å². The second-order valence-electron chi connectivity index (χ2n) is 5.81. The number of aromatic nitrogens is 2. The summed E-state index contributed by atoms with van der Waals surface area (Å²) in [4.78, 5) is 36.5. The largest absolute Gasteiger partial charge is 0.355 e. The van der Waals surface area contributed by atoms with E-state index in [1.165, 1.54) is 28.5 Å². The number of aryl methyl sites for hydroxylation is 1. The number of amides is 1. The van der Waals surface area contributed by atoms with Gasteiger partial charge < -0.3 is 5.32 Å². The highest BCUT2D eigenvalue weighted by Gasteiger charge is 2.14. The van der Waals surface area contributed by atoms with Crippen LogP contribution in [0, 0.1) is 0 Å². The molecule has 0 radical (unpaired) electrons. The Morgan fingerprint density at radius 3 is 2.68 bits per heavy atom. The summed E-state index contributed by atoms with van der Waals surface area (Å²) in [5, 5.41) is 4.59. The monoisotopic (exact) mass is 357 g/mol. The van der Waals surface area contributed by atoms with Crippen molar-refractivity contribution in [2.24, 2.45) is 7.05 Å². The van der Waals surface area contributed by atoms with Crippen LogP contribution < -0.4 is 16.6 Å². The average molecular weight is 357 g/mol. The van der Waals surface area contributed by atoms with Crippen molar-refractivity contribution in [3.05, 3.63) is 68.2 Å². The standard InChI is InChI=1S/C18H19N3O3S/c1-20-17(23)16-14(9-11-25-16)21(18(20)24)12-15(22)19-10-5-8-13-6-3-2-4-7-13/h2-4,6-7,9,11H,5,8,10,12H2,1H3,(H,19,22). The van der Waals surface area contributed by atoms with Crippen molar-refractivity contribution >= 4 is 27.5 Å². The van der Waals surface area contributed by atoms with E-state index in [2.05, 4.69) is 17.4 Å². The van der Waals surface area contributed by atoms with Crippen LogP contribution in [0.5, 0.6) is 0 Å². The van der Waals surface area contributed by atoms with Crippen LogP contribution in [0.25, 0.3) is 10.2 Å². The Kier molecular flexibility index (Phi) is 5.14. The Bertz CT molecular complexity index is 1000. The minimum Gasteiger partial charge on any atom is -0.355 e. The maximum Gasteiger partial charge on any atom is 0.331 e. The molecule has 0 atom stereocenters. The maximum atomic E-state index is 12.3. The molecular weight excluding hydrogens is 338 g/mol. The molecule has 1 aromatic carbocycles. The fourth-order valence-corrected chi connectivity index (χ4v) is 3.59. The van der Waals surface area contributed by atoms with Gasteiger partial charge in [-0.2, -0.15) is 0 Å². The predicted molar refractivity (Wildman–Crippen MR) is 99.1 cm³/mol. The Morgan fingerprint density at radius 1 is 1.16 bits per heavy atom. The second-order valence-corrected chi connectivity index (χ2v) is 6.72. The van der Waals surface area contributed by atoms with E-state index < -0.39 is 5.69 Å². The van der Waals surface area contributed by atoms with Crippen LogP contribution in [0.4, 0.5) is 0 Å². The average Bonchev–Trinajstić information content (AvgIpc) is 3.11. The highest BCUT2D eigenvalue weighted by Crippen LogP contribution is 2.14. The fourth-order valence-electron chi connectivity index (χ4n) is 2.72. The highest BCUT2D eigenvalue weighted by molar-refractivity contribution is 7.17. The summed E-state index contributed by atoms with van der Waals surface area (Å²) in [7, 11) is 1.43. The first-order chi connectivity index (χ1) is 12.1. The van der Waals surface area contributed by atoms with Crippen molar-refractivity contribution in [1.29, 1.82) is 0 Å². The van der Waals surface area contributed by atoms with Crippen molar-refractivity contribution in [2.45, 2.75) is 19.4 Å².